The van der Waals surface area contributed by atoms with Crippen molar-refractivity contribution in [3.8, 4) is 5.82 Å². The fourth-order valence-corrected chi connectivity index (χ4v) is 2.76. The van der Waals surface area contributed by atoms with Crippen LogP contribution in [0.15, 0.2) is 31.0 Å². The molecule has 2 aromatic rings. The van der Waals surface area contributed by atoms with Crippen LogP contribution >= 0.6 is 0 Å². The first-order valence-corrected chi connectivity index (χ1v) is 7.06. The predicted octanol–water partition coefficient (Wildman–Crippen LogP) is 1.12. The number of aromatic nitrogens is 4. The monoisotopic (exact) mass is 286 g/mol. The van der Waals surface area contributed by atoms with Gasteiger partial charge in [-0.2, -0.15) is 5.10 Å². The zero-order chi connectivity index (χ0) is 14.7. The van der Waals surface area contributed by atoms with E-state index in [2.05, 4.69) is 20.4 Å². The molecule has 1 aliphatic carbocycles. The normalized spacial score (nSPS) is 16.8. The number of nitrogens with one attached hydrogen (secondary N) is 1. The highest BCUT2D eigenvalue weighted by Crippen LogP contribution is 2.38. The Hall–Kier alpha value is -2.28. The fourth-order valence-electron chi connectivity index (χ4n) is 2.76. The van der Waals surface area contributed by atoms with E-state index in [4.69, 9.17) is 5.73 Å². The molecule has 1 amide bonds. The summed E-state index contributed by atoms with van der Waals surface area (Å²) in [5.74, 6) is 0.651. The van der Waals surface area contributed by atoms with E-state index >= 15 is 0 Å². The second-order valence-electron chi connectivity index (χ2n) is 5.39. The largest absolute Gasteiger partial charge is 0.329 e. The van der Waals surface area contributed by atoms with Gasteiger partial charge in [0.25, 0.3) is 0 Å². The highest BCUT2D eigenvalue weighted by atomic mass is 16.2. The van der Waals surface area contributed by atoms with Crippen LogP contribution in [0.3, 0.4) is 0 Å². The summed E-state index contributed by atoms with van der Waals surface area (Å²) >= 11 is 0. The fraction of sp³-hybridized carbons (Fsp3) is 0.429. The molecule has 0 aromatic carbocycles. The maximum absolute atomic E-state index is 12.4. The van der Waals surface area contributed by atoms with Gasteiger partial charge in [-0.1, -0.05) is 12.8 Å². The molecule has 3 rings (SSSR count). The Morgan fingerprint density at radius 2 is 2.19 bits per heavy atom. The van der Waals surface area contributed by atoms with E-state index in [0.29, 0.717) is 18.1 Å². The molecule has 3 N–H and O–H groups in total. The Bertz CT molecular complexity index is 601. The molecule has 2 aromatic heterocycles. The van der Waals surface area contributed by atoms with Crippen molar-refractivity contribution in [3.63, 3.8) is 0 Å². The standard InChI is InChI=1S/C14H18N6O/c15-8-14(5-1-2-6-14)13(21)19-11-3-4-12(17-7-11)20-10-16-9-18-20/h3-4,7,9-10H,1-2,5-6,8,15H2,(H,19,21). The molecule has 0 unspecified atom stereocenters. The molecule has 21 heavy (non-hydrogen) atoms. The number of nitrogens with two attached hydrogens (primary N) is 1. The average molecular weight is 286 g/mol. The number of hydrogen-bond donors (Lipinski definition) is 2. The predicted molar refractivity (Wildman–Crippen MR) is 77.7 cm³/mol. The number of carbonyl (C=O) groups is 1. The van der Waals surface area contributed by atoms with Gasteiger partial charge in [0.2, 0.25) is 5.91 Å². The van der Waals surface area contributed by atoms with Crippen LogP contribution in [0.1, 0.15) is 25.7 Å². The molecular weight excluding hydrogens is 268 g/mol. The van der Waals surface area contributed by atoms with Crippen molar-refractivity contribution < 1.29 is 4.79 Å². The second-order valence-corrected chi connectivity index (χ2v) is 5.39. The third-order valence-corrected chi connectivity index (χ3v) is 4.09. The van der Waals surface area contributed by atoms with Gasteiger partial charge in [-0.25, -0.2) is 14.6 Å². The Labute approximate surface area is 122 Å². The minimum absolute atomic E-state index is 0.00203. The van der Waals surface area contributed by atoms with E-state index in [1.165, 1.54) is 6.33 Å². The summed E-state index contributed by atoms with van der Waals surface area (Å²) in [7, 11) is 0. The molecule has 1 saturated carbocycles. The van der Waals surface area contributed by atoms with Gasteiger partial charge in [0.15, 0.2) is 5.82 Å². The third-order valence-electron chi connectivity index (χ3n) is 4.09. The van der Waals surface area contributed by atoms with Crippen LogP contribution in [0.5, 0.6) is 0 Å². The van der Waals surface area contributed by atoms with Crippen molar-refractivity contribution in [3.05, 3.63) is 31.0 Å². The van der Waals surface area contributed by atoms with Gasteiger partial charge in [0.1, 0.15) is 12.7 Å². The molecule has 0 radical (unpaired) electrons. The van der Waals surface area contributed by atoms with Crippen molar-refractivity contribution in [2.24, 2.45) is 11.1 Å². The molecule has 1 fully saturated rings. The summed E-state index contributed by atoms with van der Waals surface area (Å²) in [5, 5.41) is 6.92. The lowest BCUT2D eigenvalue weighted by atomic mass is 9.85. The summed E-state index contributed by atoms with van der Waals surface area (Å²) < 4.78 is 1.56. The summed E-state index contributed by atoms with van der Waals surface area (Å²) in [6.07, 6.45) is 8.49. The molecule has 2 heterocycles. The lowest BCUT2D eigenvalue weighted by Crippen LogP contribution is -2.40. The number of pyridine rings is 1. The van der Waals surface area contributed by atoms with Crippen LogP contribution < -0.4 is 11.1 Å². The Morgan fingerprint density at radius 3 is 2.76 bits per heavy atom. The van der Waals surface area contributed by atoms with Crippen LogP contribution in [-0.2, 0) is 4.79 Å². The topological polar surface area (TPSA) is 98.7 Å². The zero-order valence-corrected chi connectivity index (χ0v) is 11.7. The van der Waals surface area contributed by atoms with Crippen molar-refractivity contribution in [2.75, 3.05) is 11.9 Å². The van der Waals surface area contributed by atoms with E-state index < -0.39 is 5.41 Å². The first-order valence-electron chi connectivity index (χ1n) is 7.06. The van der Waals surface area contributed by atoms with Gasteiger partial charge >= 0.3 is 0 Å². The molecular formula is C14H18N6O. The molecule has 0 atom stereocenters. The van der Waals surface area contributed by atoms with Crippen LogP contribution in [-0.4, -0.2) is 32.2 Å². The Morgan fingerprint density at radius 1 is 1.38 bits per heavy atom. The van der Waals surface area contributed by atoms with E-state index in [1.807, 2.05) is 0 Å². The Balaban J connectivity index is 1.72. The maximum atomic E-state index is 12.4. The van der Waals surface area contributed by atoms with E-state index in [9.17, 15) is 4.79 Å². The van der Waals surface area contributed by atoms with E-state index in [0.717, 1.165) is 25.7 Å². The zero-order valence-electron chi connectivity index (χ0n) is 11.7. The first-order chi connectivity index (χ1) is 10.2. The van der Waals surface area contributed by atoms with E-state index in [-0.39, 0.29) is 5.91 Å². The van der Waals surface area contributed by atoms with Crippen molar-refractivity contribution >= 4 is 11.6 Å². The quantitative estimate of drug-likeness (QED) is 0.877. The first kappa shape index (κ1) is 13.7. The maximum Gasteiger partial charge on any atom is 0.231 e. The Kier molecular flexibility index (Phi) is 3.66. The molecule has 0 spiro atoms. The molecule has 110 valence electrons. The number of anilines is 1. The molecule has 0 aliphatic heterocycles. The summed E-state index contributed by atoms with van der Waals surface area (Å²) in [6, 6.07) is 3.59. The van der Waals surface area contributed by atoms with Gasteiger partial charge in [0, 0.05) is 6.54 Å². The van der Waals surface area contributed by atoms with Crippen LogP contribution in [0.4, 0.5) is 5.69 Å². The van der Waals surface area contributed by atoms with Gasteiger partial charge in [-0.05, 0) is 25.0 Å². The average Bonchev–Trinajstić information content (AvgIpc) is 3.20. The number of amides is 1. The number of nitrogens with zero attached hydrogens (tertiary/aromatic N) is 4. The van der Waals surface area contributed by atoms with Gasteiger partial charge in [-0.3, -0.25) is 4.79 Å². The van der Waals surface area contributed by atoms with E-state index in [1.54, 1.807) is 29.3 Å². The molecule has 0 bridgehead atoms. The molecule has 7 heteroatoms. The van der Waals surface area contributed by atoms with Crippen LogP contribution in [0.25, 0.3) is 5.82 Å². The molecule has 0 saturated heterocycles. The highest BCUT2D eigenvalue weighted by Gasteiger charge is 2.39. The highest BCUT2D eigenvalue weighted by molar-refractivity contribution is 5.95. The van der Waals surface area contributed by atoms with Crippen molar-refractivity contribution in [2.45, 2.75) is 25.7 Å². The summed E-state index contributed by atoms with van der Waals surface area (Å²) in [6.45, 7) is 0.392. The minimum atomic E-state index is -0.412. The number of carbonyl (C=O) groups excluding carboxylic acids is 1. The molecule has 7 nitrogen and oxygen atoms in total. The summed E-state index contributed by atoms with van der Waals surface area (Å²) in [5.41, 5.74) is 6.07. The summed E-state index contributed by atoms with van der Waals surface area (Å²) in [4.78, 5) is 20.6. The smallest absolute Gasteiger partial charge is 0.231 e. The van der Waals surface area contributed by atoms with Gasteiger partial charge < -0.3 is 11.1 Å². The number of rotatable bonds is 4. The number of hydrogen-bond acceptors (Lipinski definition) is 5. The lowest BCUT2D eigenvalue weighted by Gasteiger charge is -2.25. The third kappa shape index (κ3) is 2.64. The van der Waals surface area contributed by atoms with Crippen LogP contribution in [0.2, 0.25) is 0 Å². The van der Waals surface area contributed by atoms with Gasteiger partial charge in [0.05, 0.1) is 17.3 Å². The van der Waals surface area contributed by atoms with Crippen LogP contribution in [0, 0.1) is 5.41 Å². The lowest BCUT2D eigenvalue weighted by molar-refractivity contribution is -0.124. The second kappa shape index (κ2) is 5.61. The van der Waals surface area contributed by atoms with Gasteiger partial charge in [-0.15, -0.1) is 0 Å². The molecule has 1 aliphatic rings. The SMILES string of the molecule is NCC1(C(=O)Nc2ccc(-n3cncn3)nc2)CCCC1. The minimum Gasteiger partial charge on any atom is -0.329 e. The van der Waals surface area contributed by atoms with Crippen molar-refractivity contribution in [1.29, 1.82) is 0 Å². The van der Waals surface area contributed by atoms with Crippen molar-refractivity contribution in [1.82, 2.24) is 19.7 Å².